The van der Waals surface area contributed by atoms with E-state index in [1.807, 2.05) is 12.1 Å². The maximum absolute atomic E-state index is 12.4. The van der Waals surface area contributed by atoms with Crippen molar-refractivity contribution in [3.63, 3.8) is 0 Å². The number of rotatable bonds is 5. The number of amides is 2. The van der Waals surface area contributed by atoms with E-state index < -0.39 is 30.2 Å². The number of carbonyl (C=O) groups excluding carboxylic acids is 3. The molecule has 0 unspecified atom stereocenters. The fraction of sp³-hybridized carbons (Fsp3) is 0.158. The van der Waals surface area contributed by atoms with Gasteiger partial charge in [0.2, 0.25) is 11.8 Å². The zero-order valence-electron chi connectivity index (χ0n) is 13.9. The highest BCUT2D eigenvalue weighted by Crippen LogP contribution is 2.37. The maximum Gasteiger partial charge on any atom is 0.326 e. The van der Waals surface area contributed by atoms with Gasteiger partial charge in [-0.25, -0.2) is 4.79 Å². The predicted octanol–water partition coefficient (Wildman–Crippen LogP) is 1.82. The Morgan fingerprint density at radius 2 is 1.65 bits per heavy atom. The monoisotopic (exact) mass is 352 g/mol. The van der Waals surface area contributed by atoms with Crippen molar-refractivity contribution >= 4 is 29.3 Å². The highest BCUT2D eigenvalue weighted by atomic mass is 16.4. The van der Waals surface area contributed by atoms with E-state index >= 15 is 0 Å². The van der Waals surface area contributed by atoms with E-state index in [2.05, 4.69) is 10.6 Å². The van der Waals surface area contributed by atoms with Gasteiger partial charge in [0.25, 0.3) is 0 Å². The number of carboxylic acids is 1. The van der Waals surface area contributed by atoms with E-state index in [9.17, 15) is 19.2 Å². The topological polar surface area (TPSA) is 113 Å². The summed E-state index contributed by atoms with van der Waals surface area (Å²) in [5.74, 6) is -2.43. The van der Waals surface area contributed by atoms with Crippen LogP contribution in [-0.2, 0) is 14.4 Å². The molecular formula is C19H16N2O5. The number of nitrogens with one attached hydrogen (secondary N) is 2. The molecule has 1 aliphatic rings. The molecular weight excluding hydrogens is 336 g/mol. The summed E-state index contributed by atoms with van der Waals surface area (Å²) in [6.07, 6.45) is -0.401. The molecule has 0 aliphatic heterocycles. The maximum atomic E-state index is 12.4. The average molecular weight is 352 g/mol. The van der Waals surface area contributed by atoms with Crippen LogP contribution in [0.2, 0.25) is 0 Å². The Kier molecular flexibility index (Phi) is 4.53. The molecule has 0 bridgehead atoms. The van der Waals surface area contributed by atoms with Gasteiger partial charge in [0.05, 0.1) is 6.42 Å². The summed E-state index contributed by atoms with van der Waals surface area (Å²) in [5, 5.41) is 13.9. The molecule has 7 heteroatoms. The molecule has 0 spiro atoms. The smallest absolute Gasteiger partial charge is 0.326 e. The molecule has 7 nitrogen and oxygen atoms in total. The molecule has 0 saturated heterocycles. The quantitative estimate of drug-likeness (QED) is 0.648. The fourth-order valence-electron chi connectivity index (χ4n) is 2.95. The van der Waals surface area contributed by atoms with Crippen LogP contribution in [0.4, 0.5) is 5.69 Å². The number of fused-ring (bicyclic) bond motifs is 3. The van der Waals surface area contributed by atoms with Crippen molar-refractivity contribution in [1.82, 2.24) is 5.32 Å². The van der Waals surface area contributed by atoms with Gasteiger partial charge in [-0.1, -0.05) is 24.3 Å². The number of aliphatic carboxylic acids is 1. The predicted molar refractivity (Wildman–Crippen MR) is 93.8 cm³/mol. The van der Waals surface area contributed by atoms with E-state index in [4.69, 9.17) is 5.11 Å². The number of hydrogen-bond acceptors (Lipinski definition) is 4. The Labute approximate surface area is 149 Å². The number of hydrogen-bond donors (Lipinski definition) is 3. The minimum Gasteiger partial charge on any atom is -0.480 e. The largest absolute Gasteiger partial charge is 0.480 e. The van der Waals surface area contributed by atoms with Crippen molar-refractivity contribution in [3.8, 4) is 11.1 Å². The summed E-state index contributed by atoms with van der Waals surface area (Å²) in [4.78, 5) is 46.6. The van der Waals surface area contributed by atoms with Gasteiger partial charge >= 0.3 is 5.97 Å². The molecule has 2 aromatic carbocycles. The first kappa shape index (κ1) is 17.3. The molecule has 26 heavy (non-hydrogen) atoms. The van der Waals surface area contributed by atoms with Crippen LogP contribution in [0.1, 0.15) is 29.3 Å². The minimum atomic E-state index is -1.30. The van der Waals surface area contributed by atoms with Crippen LogP contribution in [0.3, 0.4) is 0 Å². The van der Waals surface area contributed by atoms with Gasteiger partial charge in [-0.3, -0.25) is 14.4 Å². The second kappa shape index (κ2) is 6.79. The van der Waals surface area contributed by atoms with Crippen LogP contribution >= 0.6 is 0 Å². The first-order valence-electron chi connectivity index (χ1n) is 7.94. The lowest BCUT2D eigenvalue weighted by Crippen LogP contribution is -2.42. The third-order valence-corrected chi connectivity index (χ3v) is 4.07. The normalized spacial score (nSPS) is 12.7. The minimum absolute atomic E-state index is 0.0647. The molecule has 2 aromatic rings. The molecule has 0 saturated carbocycles. The summed E-state index contributed by atoms with van der Waals surface area (Å²) in [5.41, 5.74) is 3.14. The summed E-state index contributed by atoms with van der Waals surface area (Å²) >= 11 is 0. The van der Waals surface area contributed by atoms with Crippen LogP contribution in [0.25, 0.3) is 11.1 Å². The van der Waals surface area contributed by atoms with Crippen LogP contribution < -0.4 is 10.6 Å². The Morgan fingerprint density at radius 3 is 2.31 bits per heavy atom. The first-order chi connectivity index (χ1) is 12.4. The Morgan fingerprint density at radius 1 is 1.00 bits per heavy atom. The van der Waals surface area contributed by atoms with E-state index in [0.29, 0.717) is 16.8 Å². The average Bonchev–Trinajstić information content (AvgIpc) is 2.87. The van der Waals surface area contributed by atoms with E-state index in [0.717, 1.165) is 11.1 Å². The molecule has 1 atom stereocenters. The third-order valence-electron chi connectivity index (χ3n) is 4.07. The number of anilines is 1. The molecule has 0 heterocycles. The lowest BCUT2D eigenvalue weighted by atomic mass is 10.1. The molecule has 3 N–H and O–H groups in total. The van der Waals surface area contributed by atoms with Gasteiger partial charge in [0.1, 0.15) is 6.04 Å². The number of ketones is 1. The van der Waals surface area contributed by atoms with E-state index in [1.165, 1.54) is 6.92 Å². The van der Waals surface area contributed by atoms with Crippen molar-refractivity contribution in [2.75, 3.05) is 5.32 Å². The molecule has 0 aromatic heterocycles. The standard InChI is InChI=1S/C19H16N2O5/c1-10(22)20-16(19(25)26)9-17(23)21-11-6-7-14-15(8-11)12-4-2-3-5-13(12)18(14)24/h2-8,16H,9H2,1H3,(H,20,22)(H,21,23)(H,25,26)/t16-/m0/s1. The second-order valence-electron chi connectivity index (χ2n) is 5.98. The first-order valence-corrected chi connectivity index (χ1v) is 7.94. The highest BCUT2D eigenvalue weighted by molar-refractivity contribution is 6.22. The molecule has 132 valence electrons. The molecule has 2 amide bonds. The lowest BCUT2D eigenvalue weighted by Gasteiger charge is -2.13. The summed E-state index contributed by atoms with van der Waals surface area (Å²) in [6.45, 7) is 1.18. The Bertz CT molecular complexity index is 935. The Hall–Kier alpha value is -3.48. The van der Waals surface area contributed by atoms with Crippen LogP contribution in [0, 0.1) is 0 Å². The molecule has 3 rings (SSSR count). The van der Waals surface area contributed by atoms with Crippen molar-refractivity contribution in [2.24, 2.45) is 0 Å². The number of carboxylic acid groups (broad SMARTS) is 1. The van der Waals surface area contributed by atoms with Crippen molar-refractivity contribution in [3.05, 3.63) is 53.6 Å². The number of carbonyl (C=O) groups is 4. The van der Waals surface area contributed by atoms with Gasteiger partial charge < -0.3 is 15.7 Å². The van der Waals surface area contributed by atoms with Crippen LogP contribution in [0.5, 0.6) is 0 Å². The van der Waals surface area contributed by atoms with E-state index in [1.54, 1.807) is 30.3 Å². The molecule has 0 fully saturated rings. The molecule has 1 aliphatic carbocycles. The Balaban J connectivity index is 1.78. The van der Waals surface area contributed by atoms with E-state index in [-0.39, 0.29) is 5.78 Å². The van der Waals surface area contributed by atoms with Gasteiger partial charge in [-0.2, -0.15) is 0 Å². The lowest BCUT2D eigenvalue weighted by molar-refractivity contribution is -0.142. The molecule has 0 radical (unpaired) electrons. The van der Waals surface area contributed by atoms with Crippen molar-refractivity contribution in [1.29, 1.82) is 0 Å². The SMILES string of the molecule is CC(=O)N[C@@H](CC(=O)Nc1ccc2c(c1)-c1ccccc1C2=O)C(=O)O. The summed E-state index contributed by atoms with van der Waals surface area (Å²) < 4.78 is 0. The zero-order valence-corrected chi connectivity index (χ0v) is 13.9. The van der Waals surface area contributed by atoms with Crippen molar-refractivity contribution in [2.45, 2.75) is 19.4 Å². The van der Waals surface area contributed by atoms with Gasteiger partial charge in [0.15, 0.2) is 5.78 Å². The van der Waals surface area contributed by atoms with Crippen LogP contribution in [-0.4, -0.2) is 34.7 Å². The van der Waals surface area contributed by atoms with Crippen LogP contribution in [0.15, 0.2) is 42.5 Å². The second-order valence-corrected chi connectivity index (χ2v) is 5.98. The van der Waals surface area contributed by atoms with Gasteiger partial charge in [-0.15, -0.1) is 0 Å². The van der Waals surface area contributed by atoms with Gasteiger partial charge in [-0.05, 0) is 29.3 Å². The third kappa shape index (κ3) is 3.32. The zero-order chi connectivity index (χ0) is 18.8. The highest BCUT2D eigenvalue weighted by Gasteiger charge is 2.27. The van der Waals surface area contributed by atoms with Gasteiger partial charge in [0, 0.05) is 23.7 Å². The number of benzene rings is 2. The van der Waals surface area contributed by atoms with Crippen molar-refractivity contribution < 1.29 is 24.3 Å². The summed E-state index contributed by atoms with van der Waals surface area (Å²) in [6, 6.07) is 10.8. The fourth-order valence-corrected chi connectivity index (χ4v) is 2.95. The summed E-state index contributed by atoms with van der Waals surface area (Å²) in [7, 11) is 0.